The topological polar surface area (TPSA) is 149 Å². The Morgan fingerprint density at radius 1 is 1.06 bits per heavy atom. The molecule has 0 saturated carbocycles. The Hall–Kier alpha value is -5.17. The van der Waals surface area contributed by atoms with Gasteiger partial charge in [-0.25, -0.2) is 14.8 Å². The Morgan fingerprint density at radius 2 is 1.86 bits per heavy atom. The van der Waals surface area contributed by atoms with Gasteiger partial charge in [0.1, 0.15) is 23.0 Å². The monoisotopic (exact) mass is 666 g/mol. The third kappa shape index (κ3) is 5.81. The summed E-state index contributed by atoms with van der Waals surface area (Å²) in [5, 5.41) is 23.6. The van der Waals surface area contributed by atoms with Crippen molar-refractivity contribution < 1.29 is 19.8 Å². The molecule has 0 bridgehead atoms. The van der Waals surface area contributed by atoms with Crippen LogP contribution in [-0.2, 0) is 26.4 Å². The van der Waals surface area contributed by atoms with E-state index in [4.69, 9.17) is 0 Å². The molecule has 0 radical (unpaired) electrons. The van der Waals surface area contributed by atoms with Gasteiger partial charge in [-0.3, -0.25) is 14.5 Å². The molecule has 4 aromatic rings. The predicted molar refractivity (Wildman–Crippen MR) is 187 cm³/mol. The van der Waals surface area contributed by atoms with Gasteiger partial charge in [0.05, 0.1) is 18.0 Å². The van der Waals surface area contributed by atoms with E-state index in [-0.39, 0.29) is 22.9 Å². The average molecular weight is 667 g/mol. The van der Waals surface area contributed by atoms with Crippen molar-refractivity contribution in [2.45, 2.75) is 59.2 Å². The SMILES string of the molecule is CC(O)c1c(-c2cc(Nc3ccc(N4CCN(C(=O)O)C[C@@H]4C)cn3)c(=O)n(C)c2)ccnc1N1CCn2c(cc3c2CC(C)(C)C3)C1=O. The molecule has 49 heavy (non-hydrogen) atoms. The number of aliphatic hydroxyl groups is 1. The van der Waals surface area contributed by atoms with Crippen molar-refractivity contribution in [3.05, 3.63) is 81.8 Å². The molecule has 13 nitrogen and oxygen atoms in total. The molecule has 6 heterocycles. The van der Waals surface area contributed by atoms with Crippen LogP contribution in [0.5, 0.6) is 0 Å². The van der Waals surface area contributed by atoms with Crippen molar-refractivity contribution in [2.24, 2.45) is 12.5 Å². The van der Waals surface area contributed by atoms with Gasteiger partial charge in [-0.15, -0.1) is 0 Å². The first kappa shape index (κ1) is 32.4. The van der Waals surface area contributed by atoms with Crippen LogP contribution in [0, 0.1) is 5.41 Å². The molecule has 13 heteroatoms. The Morgan fingerprint density at radius 3 is 2.55 bits per heavy atom. The molecule has 0 aromatic carbocycles. The molecule has 256 valence electrons. The number of carbonyl (C=O) groups is 2. The van der Waals surface area contributed by atoms with Crippen LogP contribution in [0.4, 0.5) is 27.8 Å². The maximum Gasteiger partial charge on any atom is 0.407 e. The van der Waals surface area contributed by atoms with E-state index in [1.54, 1.807) is 55.7 Å². The largest absolute Gasteiger partial charge is 0.465 e. The fourth-order valence-corrected chi connectivity index (χ4v) is 7.69. The lowest BCUT2D eigenvalue weighted by Crippen LogP contribution is -2.53. The summed E-state index contributed by atoms with van der Waals surface area (Å²) >= 11 is 0. The molecule has 0 spiro atoms. The number of nitrogens with zero attached hydrogens (tertiary/aromatic N) is 7. The standard InChI is InChI=1S/C36H42N8O5/c1-21-19-41(35(48)49)10-11-42(21)25-6-7-30(38-18-25)39-27-14-24(20-40(5)33(27)46)26-8-9-37-32(31(26)22(2)45)44-13-12-43-28(34(44)47)15-23-16-36(3,4)17-29(23)43/h6-9,14-15,18,20-22,45H,10-13,16-17,19H2,1-5H3,(H,38,39)(H,48,49)/t21-,22?/m0/s1. The summed E-state index contributed by atoms with van der Waals surface area (Å²) in [7, 11) is 1.67. The second-order valence-electron chi connectivity index (χ2n) is 14.3. The molecule has 2 aliphatic heterocycles. The highest BCUT2D eigenvalue weighted by atomic mass is 16.4. The summed E-state index contributed by atoms with van der Waals surface area (Å²) in [5.74, 6) is 0.739. The maximum absolute atomic E-state index is 13.9. The van der Waals surface area contributed by atoms with Crippen molar-refractivity contribution >= 4 is 35.0 Å². The zero-order valence-corrected chi connectivity index (χ0v) is 28.5. The first-order valence-electron chi connectivity index (χ1n) is 16.7. The Bertz CT molecular complexity index is 2010. The second kappa shape index (κ2) is 12.1. The van der Waals surface area contributed by atoms with E-state index in [2.05, 4.69) is 38.6 Å². The molecule has 1 unspecified atom stereocenters. The highest BCUT2D eigenvalue weighted by molar-refractivity contribution is 6.06. The number of pyridine rings is 3. The lowest BCUT2D eigenvalue weighted by atomic mass is 9.90. The molecular weight excluding hydrogens is 624 g/mol. The van der Waals surface area contributed by atoms with Gasteiger partial charge in [-0.1, -0.05) is 13.8 Å². The number of nitrogens with one attached hydrogen (secondary N) is 1. The van der Waals surface area contributed by atoms with Crippen LogP contribution in [-0.4, -0.2) is 78.4 Å². The number of aromatic nitrogens is 4. The molecule has 1 aliphatic carbocycles. The third-order valence-electron chi connectivity index (χ3n) is 10.0. The lowest BCUT2D eigenvalue weighted by molar-refractivity contribution is 0.0962. The van der Waals surface area contributed by atoms with Crippen LogP contribution < -0.4 is 20.7 Å². The van der Waals surface area contributed by atoms with Gasteiger partial charge < -0.3 is 34.5 Å². The number of hydrogen-bond acceptors (Lipinski definition) is 8. The van der Waals surface area contributed by atoms with Crippen molar-refractivity contribution in [2.75, 3.05) is 41.3 Å². The van der Waals surface area contributed by atoms with Crippen LogP contribution in [0.15, 0.2) is 53.7 Å². The van der Waals surface area contributed by atoms with Crippen molar-refractivity contribution in [1.29, 1.82) is 0 Å². The normalized spacial score (nSPS) is 19.1. The van der Waals surface area contributed by atoms with E-state index < -0.39 is 12.2 Å². The first-order valence-corrected chi connectivity index (χ1v) is 16.7. The van der Waals surface area contributed by atoms with Gasteiger partial charge in [-0.2, -0.15) is 0 Å². The van der Waals surface area contributed by atoms with Gasteiger partial charge >= 0.3 is 6.09 Å². The van der Waals surface area contributed by atoms with Gasteiger partial charge in [0.25, 0.3) is 11.5 Å². The number of piperazine rings is 1. The maximum atomic E-state index is 13.9. The summed E-state index contributed by atoms with van der Waals surface area (Å²) in [4.78, 5) is 53.0. The minimum absolute atomic E-state index is 0.0123. The summed E-state index contributed by atoms with van der Waals surface area (Å²) in [6.45, 7) is 10.6. The first-order chi connectivity index (χ1) is 23.3. The molecule has 1 fully saturated rings. The van der Waals surface area contributed by atoms with Crippen LogP contribution in [0.25, 0.3) is 11.1 Å². The van der Waals surface area contributed by atoms with Crippen molar-refractivity contribution in [3.63, 3.8) is 0 Å². The zero-order chi connectivity index (χ0) is 34.8. The number of aryl methyl sites for hydroxylation is 1. The van der Waals surface area contributed by atoms with Crippen LogP contribution in [0.2, 0.25) is 0 Å². The number of aliphatic hydroxyl groups excluding tert-OH is 1. The second-order valence-corrected chi connectivity index (χ2v) is 14.3. The van der Waals surface area contributed by atoms with E-state index >= 15 is 0 Å². The van der Waals surface area contributed by atoms with Crippen LogP contribution in [0.1, 0.15) is 61.1 Å². The smallest absolute Gasteiger partial charge is 0.407 e. The van der Waals surface area contributed by atoms with Gasteiger partial charge in [0, 0.05) is 75.0 Å². The van der Waals surface area contributed by atoms with Gasteiger partial charge in [0.15, 0.2) is 0 Å². The molecule has 7 rings (SSSR count). The number of anilines is 4. The van der Waals surface area contributed by atoms with Gasteiger partial charge in [-0.05, 0) is 73.6 Å². The predicted octanol–water partition coefficient (Wildman–Crippen LogP) is 4.41. The van der Waals surface area contributed by atoms with E-state index in [1.165, 1.54) is 20.7 Å². The number of fused-ring (bicyclic) bond motifs is 3. The summed E-state index contributed by atoms with van der Waals surface area (Å²) in [6, 6.07) is 9.22. The Kier molecular flexibility index (Phi) is 7.97. The molecule has 1 saturated heterocycles. The minimum atomic E-state index is -0.950. The lowest BCUT2D eigenvalue weighted by Gasteiger charge is -2.39. The molecular formula is C36H42N8O5. The van der Waals surface area contributed by atoms with Crippen molar-refractivity contribution in [3.8, 4) is 11.1 Å². The number of amides is 2. The van der Waals surface area contributed by atoms with Crippen LogP contribution >= 0.6 is 0 Å². The van der Waals surface area contributed by atoms with Crippen LogP contribution in [0.3, 0.4) is 0 Å². The van der Waals surface area contributed by atoms with E-state index in [0.717, 1.165) is 18.5 Å². The summed E-state index contributed by atoms with van der Waals surface area (Å²) in [6.07, 6.45) is 5.07. The molecule has 3 aliphatic rings. The Balaban J connectivity index is 1.17. The van der Waals surface area contributed by atoms with Gasteiger partial charge in [0.2, 0.25) is 0 Å². The number of hydrogen-bond donors (Lipinski definition) is 3. The quantitative estimate of drug-likeness (QED) is 0.272. The zero-order valence-electron chi connectivity index (χ0n) is 28.5. The fourth-order valence-electron chi connectivity index (χ4n) is 7.69. The third-order valence-corrected chi connectivity index (χ3v) is 10.0. The summed E-state index contributed by atoms with van der Waals surface area (Å²) in [5.41, 5.74) is 6.05. The van der Waals surface area contributed by atoms with E-state index in [0.29, 0.717) is 72.4 Å². The highest BCUT2D eigenvalue weighted by Crippen LogP contribution is 2.41. The highest BCUT2D eigenvalue weighted by Gasteiger charge is 2.38. The van der Waals surface area contributed by atoms with E-state index in [1.807, 2.05) is 19.1 Å². The summed E-state index contributed by atoms with van der Waals surface area (Å²) < 4.78 is 3.63. The number of carbonyl (C=O) groups excluding carboxylic acids is 1. The number of rotatable bonds is 6. The molecule has 2 amide bonds. The average Bonchev–Trinajstić information content (AvgIpc) is 3.55. The van der Waals surface area contributed by atoms with Crippen molar-refractivity contribution in [1.82, 2.24) is 24.0 Å². The number of carboxylic acid groups (broad SMARTS) is 1. The van der Waals surface area contributed by atoms with E-state index in [9.17, 15) is 24.6 Å². The molecule has 3 N–H and O–H groups in total. The Labute approximate surface area is 284 Å². The minimum Gasteiger partial charge on any atom is -0.465 e. The molecule has 2 atom stereocenters. The fraction of sp³-hybridized carbons (Fsp3) is 0.417. The molecule has 4 aromatic heterocycles.